The zero-order valence-corrected chi connectivity index (χ0v) is 13.9. The molecule has 2 atom stereocenters. The third-order valence-corrected chi connectivity index (χ3v) is 5.36. The molecular formula is C21H24N2O. The van der Waals surface area contributed by atoms with Crippen LogP contribution >= 0.6 is 0 Å². The highest BCUT2D eigenvalue weighted by atomic mass is 16.2. The minimum Gasteiger partial charge on any atom is -0.335 e. The van der Waals surface area contributed by atoms with Crippen molar-refractivity contribution >= 4 is 5.91 Å². The highest BCUT2D eigenvalue weighted by molar-refractivity contribution is 5.80. The van der Waals surface area contributed by atoms with Gasteiger partial charge in [0.25, 0.3) is 0 Å². The Kier molecular flexibility index (Phi) is 4.35. The van der Waals surface area contributed by atoms with Gasteiger partial charge in [-0.3, -0.25) is 4.79 Å². The van der Waals surface area contributed by atoms with E-state index in [2.05, 4.69) is 58.7 Å². The Morgan fingerprint density at radius 1 is 0.917 bits per heavy atom. The highest BCUT2D eigenvalue weighted by Crippen LogP contribution is 2.29. The van der Waals surface area contributed by atoms with E-state index in [-0.39, 0.29) is 0 Å². The first kappa shape index (κ1) is 15.4. The van der Waals surface area contributed by atoms with E-state index in [1.807, 2.05) is 6.07 Å². The molecule has 4 rings (SSSR count). The normalized spacial score (nSPS) is 23.1. The number of nitrogens with one attached hydrogen (secondary N) is 1. The molecule has 0 radical (unpaired) electrons. The van der Waals surface area contributed by atoms with Gasteiger partial charge >= 0.3 is 0 Å². The zero-order chi connectivity index (χ0) is 16.4. The summed E-state index contributed by atoms with van der Waals surface area (Å²) in [5.74, 6) is 0.290. The maximum absolute atomic E-state index is 12.8. The highest BCUT2D eigenvalue weighted by Gasteiger charge is 2.37. The second kappa shape index (κ2) is 6.78. The minimum atomic E-state index is 0.290. The molecule has 3 nitrogen and oxygen atoms in total. The smallest absolute Gasteiger partial charge is 0.227 e. The monoisotopic (exact) mass is 320 g/mol. The molecule has 124 valence electrons. The third kappa shape index (κ3) is 3.09. The largest absolute Gasteiger partial charge is 0.335 e. The number of carbonyl (C=O) groups excluding carboxylic acids is 1. The van der Waals surface area contributed by atoms with Crippen molar-refractivity contribution in [3.8, 4) is 11.1 Å². The van der Waals surface area contributed by atoms with E-state index in [9.17, 15) is 4.79 Å². The SMILES string of the molecule is O=C(Cc1ccc(-c2ccccc2)cc1)N1C2CCNCC1CC2. The van der Waals surface area contributed by atoms with Crippen molar-refractivity contribution in [2.24, 2.45) is 0 Å². The number of carbonyl (C=O) groups is 1. The number of benzene rings is 2. The lowest BCUT2D eigenvalue weighted by Gasteiger charge is -2.28. The van der Waals surface area contributed by atoms with Crippen LogP contribution < -0.4 is 5.32 Å². The molecule has 3 heteroatoms. The van der Waals surface area contributed by atoms with Gasteiger partial charge in [-0.15, -0.1) is 0 Å². The molecule has 1 amide bonds. The van der Waals surface area contributed by atoms with Crippen LogP contribution in [0.5, 0.6) is 0 Å². The van der Waals surface area contributed by atoms with Gasteiger partial charge in [-0.25, -0.2) is 0 Å². The summed E-state index contributed by atoms with van der Waals surface area (Å²) in [6.45, 7) is 1.99. The van der Waals surface area contributed by atoms with Crippen LogP contribution in [-0.2, 0) is 11.2 Å². The fraction of sp³-hybridized carbons (Fsp3) is 0.381. The maximum atomic E-state index is 12.8. The van der Waals surface area contributed by atoms with Gasteiger partial charge in [-0.2, -0.15) is 0 Å². The van der Waals surface area contributed by atoms with Gasteiger partial charge in [-0.1, -0.05) is 54.6 Å². The Hall–Kier alpha value is -2.13. The summed E-state index contributed by atoms with van der Waals surface area (Å²) in [5.41, 5.74) is 3.52. The predicted octanol–water partition coefficient (Wildman–Crippen LogP) is 3.25. The Labute approximate surface area is 143 Å². The molecule has 0 aliphatic carbocycles. The molecule has 0 spiro atoms. The summed E-state index contributed by atoms with van der Waals surface area (Å²) in [7, 11) is 0. The molecule has 2 aromatic rings. The molecule has 24 heavy (non-hydrogen) atoms. The molecule has 2 saturated heterocycles. The van der Waals surface area contributed by atoms with E-state index in [4.69, 9.17) is 0 Å². The van der Waals surface area contributed by atoms with Crippen LogP contribution in [0.3, 0.4) is 0 Å². The van der Waals surface area contributed by atoms with Crippen molar-refractivity contribution in [1.82, 2.24) is 10.2 Å². The molecular weight excluding hydrogens is 296 g/mol. The molecule has 2 aliphatic rings. The van der Waals surface area contributed by atoms with E-state index in [0.717, 1.165) is 31.5 Å². The van der Waals surface area contributed by atoms with Gasteiger partial charge in [0.1, 0.15) is 0 Å². The van der Waals surface area contributed by atoms with Gasteiger partial charge < -0.3 is 10.2 Å². The van der Waals surface area contributed by atoms with Crippen molar-refractivity contribution in [1.29, 1.82) is 0 Å². The van der Waals surface area contributed by atoms with Gasteiger partial charge in [0.15, 0.2) is 0 Å². The second-order valence-corrected chi connectivity index (χ2v) is 6.92. The van der Waals surface area contributed by atoms with E-state index < -0.39 is 0 Å². The van der Waals surface area contributed by atoms with Crippen LogP contribution in [0.2, 0.25) is 0 Å². The van der Waals surface area contributed by atoms with Crippen LogP contribution in [0.4, 0.5) is 0 Å². The number of nitrogens with zero attached hydrogens (tertiary/aromatic N) is 1. The Morgan fingerprint density at radius 3 is 2.42 bits per heavy atom. The van der Waals surface area contributed by atoms with Gasteiger partial charge in [0.05, 0.1) is 6.42 Å². The van der Waals surface area contributed by atoms with Crippen LogP contribution in [-0.4, -0.2) is 36.0 Å². The lowest BCUT2D eigenvalue weighted by molar-refractivity contribution is -0.133. The first-order valence-electron chi connectivity index (χ1n) is 8.97. The first-order valence-corrected chi connectivity index (χ1v) is 8.97. The average molecular weight is 320 g/mol. The number of fused-ring (bicyclic) bond motifs is 2. The topological polar surface area (TPSA) is 32.3 Å². The first-order chi connectivity index (χ1) is 11.8. The summed E-state index contributed by atoms with van der Waals surface area (Å²) < 4.78 is 0. The molecule has 2 heterocycles. The molecule has 2 bridgehead atoms. The number of hydrogen-bond acceptors (Lipinski definition) is 2. The molecule has 0 saturated carbocycles. The van der Waals surface area contributed by atoms with Crippen LogP contribution in [0.25, 0.3) is 11.1 Å². The van der Waals surface area contributed by atoms with Crippen LogP contribution in [0, 0.1) is 0 Å². The predicted molar refractivity (Wildman–Crippen MR) is 96.7 cm³/mol. The molecule has 1 N–H and O–H groups in total. The van der Waals surface area contributed by atoms with Crippen molar-refractivity contribution in [2.75, 3.05) is 13.1 Å². The third-order valence-electron chi connectivity index (χ3n) is 5.36. The van der Waals surface area contributed by atoms with Crippen LogP contribution in [0.15, 0.2) is 54.6 Å². The molecule has 2 aromatic carbocycles. The Balaban J connectivity index is 1.46. The lowest BCUT2D eigenvalue weighted by atomic mass is 10.0. The van der Waals surface area contributed by atoms with Gasteiger partial charge in [0.2, 0.25) is 5.91 Å². The zero-order valence-electron chi connectivity index (χ0n) is 13.9. The summed E-state index contributed by atoms with van der Waals surface area (Å²) >= 11 is 0. The standard InChI is InChI=1S/C21H24N2O/c24-21(23-19-10-11-20(23)15-22-13-12-19)14-16-6-8-18(9-7-16)17-4-2-1-3-5-17/h1-9,19-20,22H,10-15H2. The van der Waals surface area contributed by atoms with E-state index >= 15 is 0 Å². The lowest BCUT2D eigenvalue weighted by Crippen LogP contribution is -2.43. The molecule has 2 aliphatic heterocycles. The maximum Gasteiger partial charge on any atom is 0.227 e. The number of amides is 1. The number of rotatable bonds is 3. The minimum absolute atomic E-state index is 0.290. The summed E-state index contributed by atoms with van der Waals surface area (Å²) in [6.07, 6.45) is 3.93. The van der Waals surface area contributed by atoms with Crippen molar-refractivity contribution in [3.05, 3.63) is 60.2 Å². The summed E-state index contributed by atoms with van der Waals surface area (Å²) in [5, 5.41) is 3.46. The van der Waals surface area contributed by atoms with Gasteiger partial charge in [0, 0.05) is 18.6 Å². The van der Waals surface area contributed by atoms with Crippen molar-refractivity contribution in [3.63, 3.8) is 0 Å². The summed E-state index contributed by atoms with van der Waals surface area (Å²) in [6, 6.07) is 19.6. The van der Waals surface area contributed by atoms with E-state index in [1.165, 1.54) is 17.5 Å². The number of hydrogen-bond donors (Lipinski definition) is 1. The fourth-order valence-electron chi connectivity index (χ4n) is 4.10. The summed E-state index contributed by atoms with van der Waals surface area (Å²) in [4.78, 5) is 15.0. The second-order valence-electron chi connectivity index (χ2n) is 6.92. The van der Waals surface area contributed by atoms with Gasteiger partial charge in [-0.05, 0) is 42.5 Å². The fourth-order valence-corrected chi connectivity index (χ4v) is 4.10. The molecule has 0 aromatic heterocycles. The quantitative estimate of drug-likeness (QED) is 0.941. The Bertz CT molecular complexity index is 682. The average Bonchev–Trinajstić information content (AvgIpc) is 2.89. The molecule has 2 fully saturated rings. The molecule has 2 unspecified atom stereocenters. The van der Waals surface area contributed by atoms with Crippen LogP contribution in [0.1, 0.15) is 24.8 Å². The Morgan fingerprint density at radius 2 is 1.62 bits per heavy atom. The van der Waals surface area contributed by atoms with E-state index in [1.54, 1.807) is 0 Å². The van der Waals surface area contributed by atoms with Crippen molar-refractivity contribution in [2.45, 2.75) is 37.8 Å². The van der Waals surface area contributed by atoms with E-state index in [0.29, 0.717) is 24.4 Å². The van der Waals surface area contributed by atoms with Crippen molar-refractivity contribution < 1.29 is 4.79 Å².